The highest BCUT2D eigenvalue weighted by Crippen LogP contribution is 2.40. The molecule has 10 rings (SSSR count). The van der Waals surface area contributed by atoms with Crippen LogP contribution in [-0.2, 0) is 0 Å². The minimum absolute atomic E-state index is 0.886. The van der Waals surface area contributed by atoms with Crippen LogP contribution in [0.1, 0.15) is 17.5 Å². The van der Waals surface area contributed by atoms with E-state index in [9.17, 15) is 0 Å². The van der Waals surface area contributed by atoms with Gasteiger partial charge in [-0.1, -0.05) is 177 Å². The number of para-hydroxylation sites is 2. The van der Waals surface area contributed by atoms with Crippen LogP contribution < -0.4 is 4.90 Å². The molecule has 9 aromatic rings. The predicted octanol–water partition coefficient (Wildman–Crippen LogP) is 15.5. The average molecular weight is 730 g/mol. The molecule has 0 amide bonds. The minimum Gasteiger partial charge on any atom is -0.455 e. The maximum atomic E-state index is 6.34. The lowest BCUT2D eigenvalue weighted by molar-refractivity contribution is 0.668. The molecular weight excluding hydrogens is 691 g/mol. The Balaban J connectivity index is 1.07. The van der Waals surface area contributed by atoms with Crippen LogP contribution >= 0.6 is 0 Å². The van der Waals surface area contributed by atoms with Crippen LogP contribution in [0.25, 0.3) is 77.0 Å². The Hall–Kier alpha value is -7.42. The van der Waals surface area contributed by atoms with Crippen molar-refractivity contribution in [1.82, 2.24) is 0 Å². The molecule has 0 spiro atoms. The Kier molecular flexibility index (Phi) is 8.78. The van der Waals surface area contributed by atoms with Crippen molar-refractivity contribution in [2.75, 3.05) is 4.90 Å². The van der Waals surface area contributed by atoms with Crippen LogP contribution in [-0.4, -0.2) is 0 Å². The molecule has 8 aromatic carbocycles. The summed E-state index contributed by atoms with van der Waals surface area (Å²) >= 11 is 0. The van der Waals surface area contributed by atoms with E-state index in [1.807, 2.05) is 18.2 Å². The largest absolute Gasteiger partial charge is 0.455 e. The van der Waals surface area contributed by atoms with Crippen molar-refractivity contribution in [3.8, 4) is 11.1 Å². The molecule has 0 unspecified atom stereocenters. The van der Waals surface area contributed by atoms with Gasteiger partial charge in [0.2, 0.25) is 0 Å². The highest BCUT2D eigenvalue weighted by molar-refractivity contribution is 6.25. The number of allylic oxidation sites excluding steroid dienone is 9. The van der Waals surface area contributed by atoms with Crippen LogP contribution in [0.15, 0.2) is 223 Å². The number of hydrogen-bond acceptors (Lipinski definition) is 2. The van der Waals surface area contributed by atoms with Crippen molar-refractivity contribution >= 4 is 77.3 Å². The highest BCUT2D eigenvalue weighted by atomic mass is 16.3. The standard InChI is InChI=1S/C55H39NO/c1-2-43(19-13-17-42-18-14-25-52-51-24-11-12-26-54(51)57-55(42)52)56(44-33-31-41(32-34-44)40-29-27-39(28-30-40)38-15-5-3-4-6-16-38)45-35-36-50-48-22-8-7-20-46(48)47-21-9-10-23-49(47)53(50)37-45/h2-15,17-37H,1,16H2/b17-13+,43-19+. The topological polar surface area (TPSA) is 16.4 Å². The Morgan fingerprint density at radius 1 is 0.526 bits per heavy atom. The zero-order valence-electron chi connectivity index (χ0n) is 31.5. The number of fused-ring (bicyclic) bond motifs is 9. The number of nitrogens with zero attached hydrogens (tertiary/aromatic N) is 1. The van der Waals surface area contributed by atoms with Crippen molar-refractivity contribution < 1.29 is 4.42 Å². The van der Waals surface area contributed by atoms with Gasteiger partial charge in [0.15, 0.2) is 0 Å². The summed E-state index contributed by atoms with van der Waals surface area (Å²) in [7, 11) is 0. The maximum Gasteiger partial charge on any atom is 0.142 e. The molecule has 0 N–H and O–H groups in total. The fraction of sp³-hybridized carbons (Fsp3) is 0.0182. The third-order valence-electron chi connectivity index (χ3n) is 11.1. The number of benzene rings is 8. The molecule has 0 bridgehead atoms. The first-order valence-electron chi connectivity index (χ1n) is 19.5. The van der Waals surface area contributed by atoms with Crippen LogP contribution in [0, 0.1) is 0 Å². The SMILES string of the molecule is C=C/C(=C\C=C\c1cccc2c1oc1ccccc12)N(c1ccc(-c2ccc(C3=CC=CC=CC3)cc2)cc1)c1ccc2c3ccccc3c3ccccc3c2c1. The Morgan fingerprint density at radius 3 is 1.84 bits per heavy atom. The van der Waals surface area contributed by atoms with Gasteiger partial charge < -0.3 is 9.32 Å². The Morgan fingerprint density at radius 2 is 1.12 bits per heavy atom. The molecule has 0 saturated carbocycles. The molecule has 0 fully saturated rings. The molecule has 270 valence electrons. The summed E-state index contributed by atoms with van der Waals surface area (Å²) in [5, 5.41) is 9.71. The van der Waals surface area contributed by atoms with Crippen molar-refractivity contribution in [3.05, 3.63) is 230 Å². The van der Waals surface area contributed by atoms with Crippen LogP contribution in [0.3, 0.4) is 0 Å². The van der Waals surface area contributed by atoms with Gasteiger partial charge in [-0.3, -0.25) is 0 Å². The smallest absolute Gasteiger partial charge is 0.142 e. The fourth-order valence-electron chi connectivity index (χ4n) is 8.34. The van der Waals surface area contributed by atoms with Crippen molar-refractivity contribution in [1.29, 1.82) is 0 Å². The molecule has 0 atom stereocenters. The van der Waals surface area contributed by atoms with Crippen molar-refractivity contribution in [2.45, 2.75) is 6.42 Å². The molecule has 2 nitrogen and oxygen atoms in total. The summed E-state index contributed by atoms with van der Waals surface area (Å²) in [6.07, 6.45) is 19.9. The van der Waals surface area contributed by atoms with Crippen LogP contribution in [0.2, 0.25) is 0 Å². The molecular formula is C55H39NO. The molecule has 1 heterocycles. The second kappa shape index (κ2) is 14.7. The van der Waals surface area contributed by atoms with E-state index in [2.05, 4.69) is 206 Å². The van der Waals surface area contributed by atoms with E-state index in [1.165, 1.54) is 54.6 Å². The highest BCUT2D eigenvalue weighted by Gasteiger charge is 2.17. The van der Waals surface area contributed by atoms with Gasteiger partial charge in [-0.15, -0.1) is 0 Å². The van der Waals surface area contributed by atoms with Gasteiger partial charge in [-0.05, 0) is 103 Å². The maximum absolute atomic E-state index is 6.34. The number of furan rings is 1. The Bertz CT molecular complexity index is 3110. The number of hydrogen-bond donors (Lipinski definition) is 0. The van der Waals surface area contributed by atoms with E-state index in [-0.39, 0.29) is 0 Å². The predicted molar refractivity (Wildman–Crippen MR) is 245 cm³/mol. The van der Waals surface area contributed by atoms with E-state index in [4.69, 9.17) is 4.42 Å². The molecule has 0 radical (unpaired) electrons. The zero-order chi connectivity index (χ0) is 38.1. The van der Waals surface area contributed by atoms with Gasteiger partial charge in [0.05, 0.1) is 0 Å². The molecule has 57 heavy (non-hydrogen) atoms. The van der Waals surface area contributed by atoms with E-state index in [0.717, 1.165) is 51.0 Å². The second-order valence-corrected chi connectivity index (χ2v) is 14.5. The molecule has 1 aliphatic rings. The van der Waals surface area contributed by atoms with Gasteiger partial charge >= 0.3 is 0 Å². The van der Waals surface area contributed by atoms with Gasteiger partial charge in [0, 0.05) is 33.4 Å². The van der Waals surface area contributed by atoms with E-state index < -0.39 is 0 Å². The normalized spacial score (nSPS) is 13.3. The third kappa shape index (κ3) is 6.28. The molecule has 1 aromatic heterocycles. The average Bonchev–Trinajstić information content (AvgIpc) is 3.44. The summed E-state index contributed by atoms with van der Waals surface area (Å²) in [6.45, 7) is 4.33. The lowest BCUT2D eigenvalue weighted by atomic mass is 9.94. The first-order chi connectivity index (χ1) is 28.2. The van der Waals surface area contributed by atoms with E-state index in [1.54, 1.807) is 0 Å². The summed E-state index contributed by atoms with van der Waals surface area (Å²) in [5.74, 6) is 0. The fourth-order valence-corrected chi connectivity index (χ4v) is 8.34. The first-order valence-corrected chi connectivity index (χ1v) is 19.5. The molecule has 2 heteroatoms. The van der Waals surface area contributed by atoms with Gasteiger partial charge in [-0.25, -0.2) is 0 Å². The van der Waals surface area contributed by atoms with Crippen molar-refractivity contribution in [2.24, 2.45) is 0 Å². The van der Waals surface area contributed by atoms with Gasteiger partial charge in [0.1, 0.15) is 11.2 Å². The third-order valence-corrected chi connectivity index (χ3v) is 11.1. The first kappa shape index (κ1) is 34.1. The Labute approximate surface area is 332 Å². The van der Waals surface area contributed by atoms with Crippen LogP contribution in [0.5, 0.6) is 0 Å². The second-order valence-electron chi connectivity index (χ2n) is 14.5. The number of rotatable bonds is 8. The number of anilines is 2. The minimum atomic E-state index is 0.886. The summed E-state index contributed by atoms with van der Waals surface area (Å²) in [4.78, 5) is 2.30. The van der Waals surface area contributed by atoms with Crippen molar-refractivity contribution in [3.63, 3.8) is 0 Å². The van der Waals surface area contributed by atoms with Gasteiger partial charge in [-0.2, -0.15) is 0 Å². The molecule has 1 aliphatic carbocycles. The van der Waals surface area contributed by atoms with Crippen LogP contribution in [0.4, 0.5) is 11.4 Å². The lowest BCUT2D eigenvalue weighted by Crippen LogP contribution is -2.15. The summed E-state index contributed by atoms with van der Waals surface area (Å²) in [6, 6.07) is 56.6. The van der Waals surface area contributed by atoms with E-state index >= 15 is 0 Å². The van der Waals surface area contributed by atoms with E-state index in [0.29, 0.717) is 0 Å². The quantitative estimate of drug-likeness (QED) is 0.114. The molecule has 0 aliphatic heterocycles. The monoisotopic (exact) mass is 729 g/mol. The summed E-state index contributed by atoms with van der Waals surface area (Å²) < 4.78 is 6.34. The molecule has 0 saturated heterocycles. The lowest BCUT2D eigenvalue weighted by Gasteiger charge is -2.27. The zero-order valence-corrected chi connectivity index (χ0v) is 31.5. The summed E-state index contributed by atoms with van der Waals surface area (Å²) in [5.41, 5.74) is 10.8. The van der Waals surface area contributed by atoms with Gasteiger partial charge in [0.25, 0.3) is 0 Å².